The summed E-state index contributed by atoms with van der Waals surface area (Å²) in [5.41, 5.74) is 2.54. The Morgan fingerprint density at radius 2 is 1.61 bits per heavy atom. The van der Waals surface area contributed by atoms with Crippen molar-refractivity contribution in [2.24, 2.45) is 0 Å². The maximum Gasteiger partial charge on any atom is 0.263 e. The summed E-state index contributed by atoms with van der Waals surface area (Å²) in [7, 11) is 1.62. The normalized spacial score (nSPS) is 15.9. The van der Waals surface area contributed by atoms with E-state index in [0.29, 0.717) is 11.4 Å². The van der Waals surface area contributed by atoms with E-state index in [9.17, 15) is 9.59 Å². The second-order valence-electron chi connectivity index (χ2n) is 7.33. The van der Waals surface area contributed by atoms with E-state index >= 15 is 0 Å². The number of rotatable bonds is 5. The monoisotopic (exact) mass is 416 g/mol. The predicted octanol–water partition coefficient (Wildman–Crippen LogP) is 3.71. The van der Waals surface area contributed by atoms with Gasteiger partial charge in [0, 0.05) is 6.92 Å². The molecule has 0 fully saturated rings. The first-order chi connectivity index (χ1) is 15.1. The van der Waals surface area contributed by atoms with Gasteiger partial charge in [0.15, 0.2) is 6.10 Å². The van der Waals surface area contributed by atoms with Gasteiger partial charge in [0.05, 0.1) is 25.4 Å². The van der Waals surface area contributed by atoms with Gasteiger partial charge in [-0.2, -0.15) is 0 Å². The maximum atomic E-state index is 13.3. The van der Waals surface area contributed by atoms with E-state index < -0.39 is 6.10 Å². The molecular weight excluding hydrogens is 392 g/mol. The summed E-state index contributed by atoms with van der Waals surface area (Å²) < 4.78 is 11.2. The molecule has 0 radical (unpaired) electrons. The Balaban J connectivity index is 1.61. The van der Waals surface area contributed by atoms with E-state index in [1.54, 1.807) is 18.1 Å². The van der Waals surface area contributed by atoms with Crippen LogP contribution in [0.15, 0.2) is 78.9 Å². The molecule has 2 atom stereocenters. The molecule has 158 valence electrons. The zero-order valence-electron chi connectivity index (χ0n) is 17.4. The molecule has 2 unspecified atom stereocenters. The lowest BCUT2D eigenvalue weighted by Gasteiger charge is -2.34. The van der Waals surface area contributed by atoms with Crippen LogP contribution in [-0.2, 0) is 9.59 Å². The van der Waals surface area contributed by atoms with Crippen molar-refractivity contribution >= 4 is 17.5 Å². The summed E-state index contributed by atoms with van der Waals surface area (Å²) in [5.74, 6) is 0.838. The molecule has 2 amide bonds. The molecule has 31 heavy (non-hydrogen) atoms. The van der Waals surface area contributed by atoms with Crippen molar-refractivity contribution in [1.29, 1.82) is 0 Å². The topological polar surface area (TPSA) is 67.9 Å². The van der Waals surface area contributed by atoms with Crippen molar-refractivity contribution in [2.45, 2.75) is 19.1 Å². The molecule has 1 N–H and O–H groups in total. The minimum atomic E-state index is -0.816. The fourth-order valence-electron chi connectivity index (χ4n) is 3.71. The smallest absolute Gasteiger partial charge is 0.263 e. The number of ether oxygens (including phenoxy) is 2. The number of anilines is 1. The van der Waals surface area contributed by atoms with Gasteiger partial charge < -0.3 is 19.7 Å². The zero-order valence-corrected chi connectivity index (χ0v) is 17.4. The van der Waals surface area contributed by atoms with Crippen molar-refractivity contribution in [1.82, 2.24) is 5.32 Å². The zero-order chi connectivity index (χ0) is 21.8. The quantitative estimate of drug-likeness (QED) is 0.689. The van der Waals surface area contributed by atoms with Crippen molar-refractivity contribution in [3.05, 3.63) is 90.0 Å². The first kappa shape index (κ1) is 20.5. The van der Waals surface area contributed by atoms with Crippen LogP contribution >= 0.6 is 0 Å². The maximum absolute atomic E-state index is 13.3. The van der Waals surface area contributed by atoms with E-state index in [-0.39, 0.29) is 24.4 Å². The number of hydrogen-bond donors (Lipinski definition) is 1. The fraction of sp³-hybridized carbons (Fsp3) is 0.200. The first-order valence-electron chi connectivity index (χ1n) is 10.1. The number of methoxy groups -OCH3 is 1. The number of para-hydroxylation sites is 2. The Kier molecular flexibility index (Phi) is 5.89. The second kappa shape index (κ2) is 8.92. The van der Waals surface area contributed by atoms with Crippen LogP contribution in [0.25, 0.3) is 0 Å². The molecule has 1 aliphatic rings. The molecule has 4 rings (SSSR count). The Hall–Kier alpha value is -3.80. The van der Waals surface area contributed by atoms with Crippen molar-refractivity contribution in [3.63, 3.8) is 0 Å². The van der Waals surface area contributed by atoms with Crippen LogP contribution in [0.4, 0.5) is 5.69 Å². The molecule has 1 aliphatic heterocycles. The number of nitrogens with one attached hydrogen (secondary N) is 1. The molecule has 0 bridgehead atoms. The second-order valence-corrected chi connectivity index (χ2v) is 7.33. The van der Waals surface area contributed by atoms with E-state index in [1.165, 1.54) is 6.92 Å². The fourth-order valence-corrected chi connectivity index (χ4v) is 3.71. The van der Waals surface area contributed by atoms with Crippen LogP contribution in [0.2, 0.25) is 0 Å². The molecular formula is C25H24N2O4. The molecule has 3 aromatic carbocycles. The number of nitrogens with zero attached hydrogens (tertiary/aromatic N) is 1. The number of fused-ring (bicyclic) bond motifs is 1. The third-order valence-corrected chi connectivity index (χ3v) is 5.31. The third kappa shape index (κ3) is 4.38. The highest BCUT2D eigenvalue weighted by Gasteiger charge is 2.33. The van der Waals surface area contributed by atoms with E-state index in [2.05, 4.69) is 5.32 Å². The van der Waals surface area contributed by atoms with Crippen LogP contribution in [0.3, 0.4) is 0 Å². The summed E-state index contributed by atoms with van der Waals surface area (Å²) >= 11 is 0. The minimum absolute atomic E-state index is 0.136. The van der Waals surface area contributed by atoms with Gasteiger partial charge >= 0.3 is 0 Å². The van der Waals surface area contributed by atoms with Crippen LogP contribution in [0.1, 0.15) is 24.1 Å². The van der Waals surface area contributed by atoms with Crippen molar-refractivity contribution < 1.29 is 19.1 Å². The van der Waals surface area contributed by atoms with Gasteiger partial charge in [-0.25, -0.2) is 0 Å². The molecule has 3 aromatic rings. The number of carbonyl (C=O) groups is 2. The largest absolute Gasteiger partial charge is 0.497 e. The Labute approximate surface area is 181 Å². The third-order valence-electron chi connectivity index (χ3n) is 5.31. The lowest BCUT2D eigenvalue weighted by molar-refractivity contribution is -0.128. The molecule has 6 nitrogen and oxygen atoms in total. The van der Waals surface area contributed by atoms with Gasteiger partial charge in [-0.15, -0.1) is 0 Å². The summed E-state index contributed by atoms with van der Waals surface area (Å²) in [5, 5.41) is 3.10. The van der Waals surface area contributed by atoms with Gasteiger partial charge in [0.1, 0.15) is 11.5 Å². The van der Waals surface area contributed by atoms with Crippen molar-refractivity contribution in [2.75, 3.05) is 18.6 Å². The van der Waals surface area contributed by atoms with E-state index in [0.717, 1.165) is 16.9 Å². The van der Waals surface area contributed by atoms with Gasteiger partial charge in [-0.1, -0.05) is 54.6 Å². The standard InChI is InChI=1S/C25H24N2O4/c1-17(28)27-16-23(31-22-11-7-6-10-21(22)27)25(29)26-24(18-8-4-3-5-9-18)19-12-14-20(30-2)15-13-19/h3-15,23-24H,16H2,1-2H3,(H,26,29). The molecule has 1 heterocycles. The Morgan fingerprint density at radius 1 is 0.968 bits per heavy atom. The van der Waals surface area contributed by atoms with E-state index in [1.807, 2.05) is 72.8 Å². The summed E-state index contributed by atoms with van der Waals surface area (Å²) in [4.78, 5) is 27.0. The van der Waals surface area contributed by atoms with Gasteiger partial charge in [-0.05, 0) is 35.4 Å². The number of amides is 2. The van der Waals surface area contributed by atoms with Gasteiger partial charge in [-0.3, -0.25) is 9.59 Å². The number of benzene rings is 3. The summed E-state index contributed by atoms with van der Waals surface area (Å²) in [6.07, 6.45) is -0.816. The van der Waals surface area contributed by atoms with Gasteiger partial charge in [0.2, 0.25) is 5.91 Å². The predicted molar refractivity (Wildman–Crippen MR) is 118 cm³/mol. The molecule has 0 saturated heterocycles. The molecule has 0 aromatic heterocycles. The SMILES string of the molecule is COc1ccc(C(NC(=O)C2CN(C(C)=O)c3ccccc3O2)c2ccccc2)cc1. The number of hydrogen-bond acceptors (Lipinski definition) is 4. The van der Waals surface area contributed by atoms with Crippen LogP contribution in [0.5, 0.6) is 11.5 Å². The van der Waals surface area contributed by atoms with Crippen molar-refractivity contribution in [3.8, 4) is 11.5 Å². The van der Waals surface area contributed by atoms with E-state index in [4.69, 9.17) is 9.47 Å². The lowest BCUT2D eigenvalue weighted by Crippen LogP contribution is -2.51. The Bertz CT molecular complexity index is 1070. The molecule has 6 heteroatoms. The lowest BCUT2D eigenvalue weighted by atomic mass is 9.98. The first-order valence-corrected chi connectivity index (χ1v) is 10.1. The van der Waals surface area contributed by atoms with Crippen LogP contribution in [-0.4, -0.2) is 31.6 Å². The molecule has 0 saturated carbocycles. The minimum Gasteiger partial charge on any atom is -0.497 e. The highest BCUT2D eigenvalue weighted by molar-refractivity contribution is 5.96. The average molecular weight is 416 g/mol. The highest BCUT2D eigenvalue weighted by Crippen LogP contribution is 2.33. The Morgan fingerprint density at radius 3 is 2.29 bits per heavy atom. The van der Waals surface area contributed by atoms with Crippen LogP contribution in [0, 0.1) is 0 Å². The molecule has 0 aliphatic carbocycles. The summed E-state index contributed by atoms with van der Waals surface area (Å²) in [6, 6.07) is 24.2. The molecule has 0 spiro atoms. The van der Waals surface area contributed by atoms with Gasteiger partial charge in [0.25, 0.3) is 5.91 Å². The highest BCUT2D eigenvalue weighted by atomic mass is 16.5. The van der Waals surface area contributed by atoms with Crippen LogP contribution < -0.4 is 19.7 Å². The average Bonchev–Trinajstić information content (AvgIpc) is 2.82. The number of carbonyl (C=O) groups excluding carboxylic acids is 2. The summed E-state index contributed by atoms with van der Waals surface area (Å²) in [6.45, 7) is 1.64.